The van der Waals surface area contributed by atoms with E-state index in [2.05, 4.69) is 30.8 Å². The van der Waals surface area contributed by atoms with E-state index in [9.17, 15) is 13.2 Å². The van der Waals surface area contributed by atoms with Crippen LogP contribution in [0.2, 0.25) is 0 Å². The predicted molar refractivity (Wildman–Crippen MR) is 105 cm³/mol. The van der Waals surface area contributed by atoms with Crippen LogP contribution in [0.25, 0.3) is 0 Å². The molecule has 2 aromatic heterocycles. The van der Waals surface area contributed by atoms with Crippen LogP contribution in [0.5, 0.6) is 0 Å². The van der Waals surface area contributed by atoms with Crippen molar-refractivity contribution in [2.24, 2.45) is 0 Å². The fourth-order valence-electron chi connectivity index (χ4n) is 4.10. The second-order valence-electron chi connectivity index (χ2n) is 7.99. The van der Waals surface area contributed by atoms with Crippen molar-refractivity contribution in [2.45, 2.75) is 57.3 Å². The zero-order valence-electron chi connectivity index (χ0n) is 16.6. The summed E-state index contributed by atoms with van der Waals surface area (Å²) in [5.74, 6) is 0.414. The van der Waals surface area contributed by atoms with E-state index in [1.54, 1.807) is 0 Å². The Balaban J connectivity index is 1.37. The van der Waals surface area contributed by atoms with Crippen molar-refractivity contribution >= 4 is 5.82 Å². The maximum absolute atomic E-state index is 13.1. The maximum atomic E-state index is 13.1. The summed E-state index contributed by atoms with van der Waals surface area (Å²) in [6, 6.07) is 7.73. The van der Waals surface area contributed by atoms with Crippen molar-refractivity contribution in [3.8, 4) is 0 Å². The third-order valence-electron chi connectivity index (χ3n) is 5.73. The van der Waals surface area contributed by atoms with Crippen LogP contribution >= 0.6 is 0 Å². The summed E-state index contributed by atoms with van der Waals surface area (Å²) in [6.45, 7) is 4.84. The molecule has 0 atom stereocenters. The number of aryl methyl sites for hydroxylation is 1. The first-order valence-electron chi connectivity index (χ1n) is 10.2. The smallest absolute Gasteiger partial charge is 0.350 e. The number of pyridine rings is 1. The third-order valence-corrected chi connectivity index (χ3v) is 5.73. The van der Waals surface area contributed by atoms with Gasteiger partial charge in [-0.05, 0) is 44.7 Å². The molecule has 0 N–H and O–H groups in total. The van der Waals surface area contributed by atoms with E-state index in [1.807, 2.05) is 19.1 Å². The van der Waals surface area contributed by atoms with E-state index in [-0.39, 0.29) is 6.04 Å². The minimum Gasteiger partial charge on any atom is -0.350 e. The molecule has 1 saturated carbocycles. The maximum Gasteiger partial charge on any atom is 0.433 e. The lowest BCUT2D eigenvalue weighted by Gasteiger charge is -2.39. The second-order valence-corrected chi connectivity index (χ2v) is 7.99. The summed E-state index contributed by atoms with van der Waals surface area (Å²) in [4.78, 5) is 16.7. The summed E-state index contributed by atoms with van der Waals surface area (Å²) in [5.41, 5.74) is 1.27. The van der Waals surface area contributed by atoms with Gasteiger partial charge in [-0.2, -0.15) is 13.2 Å². The van der Waals surface area contributed by atoms with Crippen molar-refractivity contribution in [1.82, 2.24) is 19.9 Å². The Labute approximate surface area is 169 Å². The van der Waals surface area contributed by atoms with E-state index in [0.29, 0.717) is 11.9 Å². The third kappa shape index (κ3) is 5.04. The Bertz CT molecular complexity index is 829. The summed E-state index contributed by atoms with van der Waals surface area (Å²) in [6.07, 6.45) is 1.42. The SMILES string of the molecule is Cc1cccc(CCN2CCC(N(c3cc(C(F)(F)F)ncn3)C3CC3)CC2)n1. The Morgan fingerprint density at radius 3 is 2.45 bits per heavy atom. The highest BCUT2D eigenvalue weighted by Crippen LogP contribution is 2.37. The van der Waals surface area contributed by atoms with Crippen molar-refractivity contribution in [1.29, 1.82) is 0 Å². The van der Waals surface area contributed by atoms with Crippen molar-refractivity contribution in [3.63, 3.8) is 0 Å². The van der Waals surface area contributed by atoms with Gasteiger partial charge in [-0.3, -0.25) is 4.98 Å². The molecule has 0 amide bonds. The first-order valence-corrected chi connectivity index (χ1v) is 10.2. The molecular formula is C21H26F3N5. The minimum atomic E-state index is -4.44. The average molecular weight is 405 g/mol. The number of anilines is 1. The molecule has 2 aromatic rings. The van der Waals surface area contributed by atoms with Gasteiger partial charge in [-0.1, -0.05) is 6.07 Å². The molecule has 4 rings (SSSR count). The topological polar surface area (TPSA) is 45.2 Å². The van der Waals surface area contributed by atoms with Gasteiger partial charge in [0.15, 0.2) is 0 Å². The summed E-state index contributed by atoms with van der Waals surface area (Å²) in [5, 5.41) is 0. The fraction of sp³-hybridized carbons (Fsp3) is 0.571. The van der Waals surface area contributed by atoms with Crippen molar-refractivity contribution in [2.75, 3.05) is 24.5 Å². The Morgan fingerprint density at radius 2 is 1.79 bits per heavy atom. The van der Waals surface area contributed by atoms with Crippen LogP contribution < -0.4 is 4.90 Å². The van der Waals surface area contributed by atoms with E-state index in [0.717, 1.165) is 75.5 Å². The second kappa shape index (κ2) is 8.26. The summed E-state index contributed by atoms with van der Waals surface area (Å²) < 4.78 is 39.2. The molecular weight excluding hydrogens is 379 g/mol. The largest absolute Gasteiger partial charge is 0.433 e. The fourth-order valence-corrected chi connectivity index (χ4v) is 4.10. The van der Waals surface area contributed by atoms with E-state index < -0.39 is 11.9 Å². The minimum absolute atomic E-state index is 0.229. The van der Waals surface area contributed by atoms with Crippen molar-refractivity contribution in [3.05, 3.63) is 47.7 Å². The lowest BCUT2D eigenvalue weighted by Crippen LogP contribution is -2.47. The monoisotopic (exact) mass is 405 g/mol. The first-order chi connectivity index (χ1) is 13.9. The average Bonchev–Trinajstić information content (AvgIpc) is 3.52. The van der Waals surface area contributed by atoms with E-state index in [4.69, 9.17) is 0 Å². The summed E-state index contributed by atoms with van der Waals surface area (Å²) >= 11 is 0. The molecule has 1 aliphatic carbocycles. The number of aromatic nitrogens is 3. The number of likely N-dealkylation sites (tertiary alicyclic amines) is 1. The molecule has 2 fully saturated rings. The number of piperidine rings is 1. The van der Waals surface area contributed by atoms with E-state index in [1.165, 1.54) is 0 Å². The van der Waals surface area contributed by atoms with Gasteiger partial charge in [0, 0.05) is 55.6 Å². The molecule has 0 bridgehead atoms. The molecule has 8 heteroatoms. The Kier molecular flexibility index (Phi) is 5.72. The molecule has 2 aliphatic rings. The highest BCUT2D eigenvalue weighted by atomic mass is 19.4. The lowest BCUT2D eigenvalue weighted by molar-refractivity contribution is -0.141. The molecule has 0 spiro atoms. The Hall–Kier alpha value is -2.22. The van der Waals surface area contributed by atoms with Gasteiger partial charge in [0.05, 0.1) is 0 Å². The highest BCUT2D eigenvalue weighted by molar-refractivity contribution is 5.44. The number of rotatable bonds is 6. The Morgan fingerprint density at radius 1 is 1.07 bits per heavy atom. The van der Waals surface area contributed by atoms with Gasteiger partial charge >= 0.3 is 6.18 Å². The molecule has 0 unspecified atom stereocenters. The standard InChI is InChI=1S/C21H26F3N5/c1-15-3-2-4-16(27-15)7-10-28-11-8-18(9-12-28)29(17-5-6-17)20-13-19(21(22,23)24)25-14-26-20/h2-4,13-14,17-18H,5-12H2,1H3. The van der Waals surface area contributed by atoms with Crippen molar-refractivity contribution < 1.29 is 13.2 Å². The van der Waals surface area contributed by atoms with Crippen LogP contribution in [-0.4, -0.2) is 51.6 Å². The number of hydrogen-bond acceptors (Lipinski definition) is 5. The van der Waals surface area contributed by atoms with Gasteiger partial charge in [-0.15, -0.1) is 0 Å². The molecule has 156 valence electrons. The van der Waals surface area contributed by atoms with Gasteiger partial charge < -0.3 is 9.80 Å². The molecule has 1 aliphatic heterocycles. The molecule has 29 heavy (non-hydrogen) atoms. The normalized spacial score (nSPS) is 18.8. The molecule has 3 heterocycles. The number of alkyl halides is 3. The van der Waals surface area contributed by atoms with Crippen LogP contribution in [0.1, 0.15) is 42.8 Å². The summed E-state index contributed by atoms with van der Waals surface area (Å²) in [7, 11) is 0. The number of hydrogen-bond donors (Lipinski definition) is 0. The van der Waals surface area contributed by atoms with Gasteiger partial charge in [0.1, 0.15) is 17.8 Å². The lowest BCUT2D eigenvalue weighted by atomic mass is 10.0. The zero-order chi connectivity index (χ0) is 20.4. The molecule has 5 nitrogen and oxygen atoms in total. The zero-order valence-corrected chi connectivity index (χ0v) is 16.6. The quantitative estimate of drug-likeness (QED) is 0.730. The van der Waals surface area contributed by atoms with Crippen LogP contribution in [0.4, 0.5) is 19.0 Å². The van der Waals surface area contributed by atoms with Gasteiger partial charge in [0.25, 0.3) is 0 Å². The predicted octanol–water partition coefficient (Wildman–Crippen LogP) is 3.87. The highest BCUT2D eigenvalue weighted by Gasteiger charge is 2.38. The number of nitrogens with zero attached hydrogens (tertiary/aromatic N) is 5. The first kappa shape index (κ1) is 20.1. The molecule has 0 radical (unpaired) electrons. The molecule has 1 saturated heterocycles. The van der Waals surface area contributed by atoms with Gasteiger partial charge in [0.2, 0.25) is 0 Å². The number of halogens is 3. The van der Waals surface area contributed by atoms with E-state index >= 15 is 0 Å². The van der Waals surface area contributed by atoms with Crippen LogP contribution in [0, 0.1) is 6.92 Å². The van der Waals surface area contributed by atoms with Gasteiger partial charge in [-0.25, -0.2) is 9.97 Å². The van der Waals surface area contributed by atoms with Crippen LogP contribution in [0.3, 0.4) is 0 Å². The molecule has 0 aromatic carbocycles. The van der Waals surface area contributed by atoms with Crippen LogP contribution in [-0.2, 0) is 12.6 Å². The van der Waals surface area contributed by atoms with Crippen LogP contribution in [0.15, 0.2) is 30.6 Å².